The fourth-order valence-corrected chi connectivity index (χ4v) is 3.48. The minimum atomic E-state index is 0.525. The Bertz CT molecular complexity index is 441. The van der Waals surface area contributed by atoms with Gasteiger partial charge in [-0.15, -0.1) is 0 Å². The Morgan fingerprint density at radius 1 is 1.25 bits per heavy atom. The van der Waals surface area contributed by atoms with E-state index >= 15 is 0 Å². The number of fused-ring (bicyclic) bond motifs is 1. The molecule has 1 aliphatic carbocycles. The van der Waals surface area contributed by atoms with Gasteiger partial charge in [0.15, 0.2) is 0 Å². The highest BCUT2D eigenvalue weighted by Crippen LogP contribution is 2.31. The molecule has 0 amide bonds. The SMILES string of the molecule is CNC1CCCc2cc(OCCN3CCCC3)ccc21. The van der Waals surface area contributed by atoms with Crippen molar-refractivity contribution < 1.29 is 4.74 Å². The molecule has 0 aromatic heterocycles. The highest BCUT2D eigenvalue weighted by molar-refractivity contribution is 5.39. The molecule has 1 aromatic carbocycles. The molecule has 0 saturated carbocycles. The Kier molecular flexibility index (Phi) is 4.58. The van der Waals surface area contributed by atoms with Crippen molar-refractivity contribution in [1.82, 2.24) is 10.2 Å². The second-order valence-corrected chi connectivity index (χ2v) is 5.99. The molecule has 1 aromatic rings. The average molecular weight is 274 g/mol. The highest BCUT2D eigenvalue weighted by Gasteiger charge is 2.19. The molecule has 1 aliphatic heterocycles. The van der Waals surface area contributed by atoms with Crippen molar-refractivity contribution in [3.63, 3.8) is 0 Å². The Morgan fingerprint density at radius 3 is 2.90 bits per heavy atom. The summed E-state index contributed by atoms with van der Waals surface area (Å²) in [6.07, 6.45) is 6.42. The van der Waals surface area contributed by atoms with Crippen molar-refractivity contribution in [2.24, 2.45) is 0 Å². The van der Waals surface area contributed by atoms with Crippen molar-refractivity contribution in [3.8, 4) is 5.75 Å². The summed E-state index contributed by atoms with van der Waals surface area (Å²) in [6.45, 7) is 4.37. The Labute approximate surface area is 122 Å². The molecule has 3 heteroatoms. The van der Waals surface area contributed by atoms with Crippen molar-refractivity contribution in [2.75, 3.05) is 33.3 Å². The first-order valence-electron chi connectivity index (χ1n) is 8.02. The van der Waals surface area contributed by atoms with E-state index in [-0.39, 0.29) is 0 Å². The third-order valence-corrected chi connectivity index (χ3v) is 4.65. The molecule has 1 unspecified atom stereocenters. The molecule has 1 atom stereocenters. The number of benzene rings is 1. The smallest absolute Gasteiger partial charge is 0.119 e. The molecule has 3 nitrogen and oxygen atoms in total. The molecule has 1 heterocycles. The molecular weight excluding hydrogens is 248 g/mol. The van der Waals surface area contributed by atoms with E-state index in [2.05, 4.69) is 35.5 Å². The fraction of sp³-hybridized carbons (Fsp3) is 0.647. The van der Waals surface area contributed by atoms with Crippen LogP contribution in [0.15, 0.2) is 18.2 Å². The van der Waals surface area contributed by atoms with Crippen LogP contribution in [0, 0.1) is 0 Å². The number of nitrogens with zero attached hydrogens (tertiary/aromatic N) is 1. The third kappa shape index (κ3) is 3.15. The van der Waals surface area contributed by atoms with Crippen LogP contribution < -0.4 is 10.1 Å². The lowest BCUT2D eigenvalue weighted by molar-refractivity contribution is 0.237. The summed E-state index contributed by atoms with van der Waals surface area (Å²) in [5.74, 6) is 1.04. The molecule has 20 heavy (non-hydrogen) atoms. The molecule has 1 fully saturated rings. The third-order valence-electron chi connectivity index (χ3n) is 4.65. The van der Waals surface area contributed by atoms with Crippen molar-refractivity contribution in [2.45, 2.75) is 38.1 Å². The van der Waals surface area contributed by atoms with Crippen molar-refractivity contribution >= 4 is 0 Å². The normalized spacial score (nSPS) is 22.8. The van der Waals surface area contributed by atoms with Crippen molar-refractivity contribution in [1.29, 1.82) is 0 Å². The number of ether oxygens (including phenoxy) is 1. The Balaban J connectivity index is 1.57. The van der Waals surface area contributed by atoms with Gasteiger partial charge in [0, 0.05) is 12.6 Å². The number of hydrogen-bond donors (Lipinski definition) is 1. The van der Waals surface area contributed by atoms with E-state index in [1.165, 1.54) is 56.3 Å². The van der Waals surface area contributed by atoms with Crippen LogP contribution in [-0.4, -0.2) is 38.2 Å². The average Bonchev–Trinajstić information content (AvgIpc) is 2.99. The van der Waals surface area contributed by atoms with E-state index < -0.39 is 0 Å². The first kappa shape index (κ1) is 13.9. The zero-order chi connectivity index (χ0) is 13.8. The Hall–Kier alpha value is -1.06. The Morgan fingerprint density at radius 2 is 2.10 bits per heavy atom. The molecule has 2 aliphatic rings. The molecular formula is C17H26N2O. The van der Waals surface area contributed by atoms with Crippen LogP contribution in [0.25, 0.3) is 0 Å². The lowest BCUT2D eigenvalue weighted by atomic mass is 9.87. The van der Waals surface area contributed by atoms with E-state index in [9.17, 15) is 0 Å². The van der Waals surface area contributed by atoms with Gasteiger partial charge in [-0.3, -0.25) is 4.90 Å². The van der Waals surface area contributed by atoms with Gasteiger partial charge in [-0.2, -0.15) is 0 Å². The van der Waals surface area contributed by atoms with Gasteiger partial charge in [0.05, 0.1) is 0 Å². The second kappa shape index (κ2) is 6.59. The van der Waals surface area contributed by atoms with Gasteiger partial charge in [-0.05, 0) is 75.5 Å². The van der Waals surface area contributed by atoms with E-state index in [1.54, 1.807) is 0 Å². The first-order valence-corrected chi connectivity index (χ1v) is 8.02. The van der Waals surface area contributed by atoms with Gasteiger partial charge in [-0.1, -0.05) is 6.07 Å². The lowest BCUT2D eigenvalue weighted by Gasteiger charge is -2.25. The van der Waals surface area contributed by atoms with Gasteiger partial charge in [0.1, 0.15) is 12.4 Å². The van der Waals surface area contributed by atoms with Gasteiger partial charge in [0.2, 0.25) is 0 Å². The largest absolute Gasteiger partial charge is 0.492 e. The van der Waals surface area contributed by atoms with E-state index in [0.29, 0.717) is 6.04 Å². The monoisotopic (exact) mass is 274 g/mol. The van der Waals surface area contributed by atoms with Crippen LogP contribution in [0.4, 0.5) is 0 Å². The van der Waals surface area contributed by atoms with Crippen LogP contribution in [-0.2, 0) is 6.42 Å². The summed E-state index contributed by atoms with van der Waals surface area (Å²) in [6, 6.07) is 7.17. The van der Waals surface area contributed by atoms with E-state index in [4.69, 9.17) is 4.74 Å². The first-order chi connectivity index (χ1) is 9.86. The summed E-state index contributed by atoms with van der Waals surface area (Å²) in [4.78, 5) is 2.50. The number of likely N-dealkylation sites (tertiary alicyclic amines) is 1. The summed E-state index contributed by atoms with van der Waals surface area (Å²) in [5, 5.41) is 3.41. The quantitative estimate of drug-likeness (QED) is 0.893. The predicted octanol–water partition coefficient (Wildman–Crippen LogP) is 2.76. The lowest BCUT2D eigenvalue weighted by Crippen LogP contribution is -2.25. The van der Waals surface area contributed by atoms with Crippen LogP contribution >= 0.6 is 0 Å². The molecule has 0 radical (unpaired) electrons. The van der Waals surface area contributed by atoms with Crippen LogP contribution in [0.5, 0.6) is 5.75 Å². The topological polar surface area (TPSA) is 24.5 Å². The predicted molar refractivity (Wildman–Crippen MR) is 82.3 cm³/mol. The summed E-state index contributed by atoms with van der Waals surface area (Å²) < 4.78 is 5.94. The number of rotatable bonds is 5. The maximum atomic E-state index is 5.94. The summed E-state index contributed by atoms with van der Waals surface area (Å²) in [5.41, 5.74) is 2.93. The number of aryl methyl sites for hydroxylation is 1. The second-order valence-electron chi connectivity index (χ2n) is 5.99. The fourth-order valence-electron chi connectivity index (χ4n) is 3.48. The van der Waals surface area contributed by atoms with Gasteiger partial charge < -0.3 is 10.1 Å². The standard InChI is InChI=1S/C17H26N2O/c1-18-17-6-4-5-14-13-15(7-8-16(14)17)20-12-11-19-9-2-3-10-19/h7-8,13,17-18H,2-6,9-12H2,1H3. The van der Waals surface area contributed by atoms with Gasteiger partial charge >= 0.3 is 0 Å². The van der Waals surface area contributed by atoms with E-state index in [1.807, 2.05) is 0 Å². The van der Waals surface area contributed by atoms with Crippen LogP contribution in [0.1, 0.15) is 42.9 Å². The summed E-state index contributed by atoms with van der Waals surface area (Å²) in [7, 11) is 2.06. The zero-order valence-electron chi connectivity index (χ0n) is 12.5. The van der Waals surface area contributed by atoms with Gasteiger partial charge in [0.25, 0.3) is 0 Å². The zero-order valence-corrected chi connectivity index (χ0v) is 12.5. The maximum absolute atomic E-state index is 5.94. The number of nitrogens with one attached hydrogen (secondary N) is 1. The molecule has 1 saturated heterocycles. The van der Waals surface area contributed by atoms with Crippen LogP contribution in [0.2, 0.25) is 0 Å². The highest BCUT2D eigenvalue weighted by atomic mass is 16.5. The van der Waals surface area contributed by atoms with Crippen molar-refractivity contribution in [3.05, 3.63) is 29.3 Å². The molecule has 3 rings (SSSR count). The van der Waals surface area contributed by atoms with Gasteiger partial charge in [-0.25, -0.2) is 0 Å². The number of hydrogen-bond acceptors (Lipinski definition) is 3. The minimum Gasteiger partial charge on any atom is -0.492 e. The molecule has 0 spiro atoms. The van der Waals surface area contributed by atoms with Crippen LogP contribution in [0.3, 0.4) is 0 Å². The minimum absolute atomic E-state index is 0.525. The summed E-state index contributed by atoms with van der Waals surface area (Å²) >= 11 is 0. The molecule has 0 bridgehead atoms. The van der Waals surface area contributed by atoms with E-state index in [0.717, 1.165) is 18.9 Å². The molecule has 110 valence electrons. The molecule has 1 N–H and O–H groups in total. The maximum Gasteiger partial charge on any atom is 0.119 e.